The minimum absolute atomic E-state index is 0. The highest BCUT2D eigenvalue weighted by atomic mass is 79.9. The molecule has 0 amide bonds. The first-order valence-electron chi connectivity index (χ1n) is 4.51. The van der Waals surface area contributed by atoms with Crippen LogP contribution in [0.3, 0.4) is 0 Å². The second-order valence-corrected chi connectivity index (χ2v) is 4.59. The van der Waals surface area contributed by atoms with Gasteiger partial charge in [0, 0.05) is 32.7 Å². The monoisotopic (exact) mass is 316 g/mol. The molecule has 1 saturated heterocycles. The first-order chi connectivity index (χ1) is 5.08. The van der Waals surface area contributed by atoms with Crippen molar-refractivity contribution in [2.75, 3.05) is 32.7 Å². The zero-order chi connectivity index (χ0) is 8.32. The molecule has 1 N–H and O–H groups in total. The van der Waals surface area contributed by atoms with Crippen molar-refractivity contribution in [3.63, 3.8) is 0 Å². The van der Waals surface area contributed by atoms with Gasteiger partial charge in [-0.3, -0.25) is 0 Å². The van der Waals surface area contributed by atoms with Gasteiger partial charge in [-0.05, 0) is 5.41 Å². The Bertz CT molecular complexity index is 117. The average molecular weight is 318 g/mol. The number of hydrogen-bond acceptors (Lipinski definition) is 2. The van der Waals surface area contributed by atoms with Gasteiger partial charge in [0.1, 0.15) is 0 Å². The van der Waals surface area contributed by atoms with E-state index in [2.05, 4.69) is 31.0 Å². The molecule has 1 aliphatic rings. The van der Waals surface area contributed by atoms with Crippen LogP contribution in [0.4, 0.5) is 0 Å². The highest BCUT2D eigenvalue weighted by molar-refractivity contribution is 8.93. The molecule has 1 aliphatic heterocycles. The normalized spacial score (nSPS) is 18.7. The minimum atomic E-state index is 0. The number of nitrogens with one attached hydrogen (secondary N) is 1. The molecule has 0 atom stereocenters. The van der Waals surface area contributed by atoms with Gasteiger partial charge in [0.25, 0.3) is 0 Å². The quantitative estimate of drug-likeness (QED) is 0.796. The molecule has 0 spiro atoms. The molecule has 0 aliphatic carbocycles. The van der Waals surface area contributed by atoms with Crippen LogP contribution in [0.5, 0.6) is 0 Å². The topological polar surface area (TPSA) is 15.3 Å². The summed E-state index contributed by atoms with van der Waals surface area (Å²) in [5.41, 5.74) is 0.456. The molecule has 0 unspecified atom stereocenters. The van der Waals surface area contributed by atoms with Gasteiger partial charge in [-0.15, -0.1) is 34.0 Å². The Morgan fingerprint density at radius 1 is 1.08 bits per heavy atom. The van der Waals surface area contributed by atoms with Gasteiger partial charge in [0.2, 0.25) is 0 Å². The molecule has 82 valence electrons. The number of rotatable bonds is 1. The summed E-state index contributed by atoms with van der Waals surface area (Å²) in [6, 6.07) is 0. The number of halogens is 2. The van der Waals surface area contributed by atoms with E-state index >= 15 is 0 Å². The Morgan fingerprint density at radius 2 is 1.54 bits per heavy atom. The second kappa shape index (κ2) is 7.21. The third-order valence-corrected chi connectivity index (χ3v) is 1.91. The standard InChI is InChI=1S/C9H20N2.2BrH/c1-9(2,3)8-11-6-4-10-5-7-11;;/h10H,4-8H2,1-3H3;2*1H. The predicted octanol–water partition coefficient (Wildman–Crippen LogP) is 2.09. The smallest absolute Gasteiger partial charge is 0.0108 e. The SMILES string of the molecule is Br.Br.CC(C)(C)CN1CCNCC1. The van der Waals surface area contributed by atoms with Crippen LogP contribution in [0.1, 0.15) is 20.8 Å². The molecule has 1 fully saturated rings. The van der Waals surface area contributed by atoms with Gasteiger partial charge in [-0.25, -0.2) is 0 Å². The Labute approximate surface area is 103 Å². The van der Waals surface area contributed by atoms with Crippen molar-refractivity contribution < 1.29 is 0 Å². The molecule has 0 bridgehead atoms. The zero-order valence-corrected chi connectivity index (χ0v) is 12.2. The Balaban J connectivity index is 0. The maximum atomic E-state index is 3.36. The van der Waals surface area contributed by atoms with Crippen LogP contribution in [0, 0.1) is 5.41 Å². The van der Waals surface area contributed by atoms with Gasteiger partial charge >= 0.3 is 0 Å². The largest absolute Gasteiger partial charge is 0.314 e. The Hall–Kier alpha value is 0.880. The predicted molar refractivity (Wildman–Crippen MR) is 69.4 cm³/mol. The van der Waals surface area contributed by atoms with E-state index in [1.807, 2.05) is 0 Å². The molecule has 1 heterocycles. The van der Waals surface area contributed by atoms with Gasteiger partial charge < -0.3 is 10.2 Å². The van der Waals surface area contributed by atoms with E-state index in [9.17, 15) is 0 Å². The van der Waals surface area contributed by atoms with E-state index in [0.29, 0.717) is 5.41 Å². The molecule has 13 heavy (non-hydrogen) atoms. The maximum Gasteiger partial charge on any atom is 0.0108 e. The maximum absolute atomic E-state index is 3.36. The summed E-state index contributed by atoms with van der Waals surface area (Å²) in [6.07, 6.45) is 0. The number of piperazine rings is 1. The van der Waals surface area contributed by atoms with Crippen LogP contribution in [0.25, 0.3) is 0 Å². The Kier molecular flexibility index (Phi) is 9.05. The van der Waals surface area contributed by atoms with Crippen molar-refractivity contribution >= 4 is 34.0 Å². The fraction of sp³-hybridized carbons (Fsp3) is 1.00. The molecule has 2 nitrogen and oxygen atoms in total. The van der Waals surface area contributed by atoms with Crippen LogP contribution < -0.4 is 5.32 Å². The third-order valence-electron chi connectivity index (χ3n) is 1.91. The van der Waals surface area contributed by atoms with Gasteiger partial charge in [0.05, 0.1) is 0 Å². The van der Waals surface area contributed by atoms with Gasteiger partial charge in [-0.1, -0.05) is 20.8 Å². The molecular formula is C9H22Br2N2. The van der Waals surface area contributed by atoms with Gasteiger partial charge in [-0.2, -0.15) is 0 Å². The van der Waals surface area contributed by atoms with Crippen molar-refractivity contribution in [2.24, 2.45) is 5.41 Å². The van der Waals surface area contributed by atoms with E-state index in [4.69, 9.17) is 0 Å². The summed E-state index contributed by atoms with van der Waals surface area (Å²) < 4.78 is 0. The van der Waals surface area contributed by atoms with Crippen molar-refractivity contribution in [3.8, 4) is 0 Å². The summed E-state index contributed by atoms with van der Waals surface area (Å²) in [7, 11) is 0. The highest BCUT2D eigenvalue weighted by Crippen LogP contribution is 2.14. The molecular weight excluding hydrogens is 296 g/mol. The average Bonchev–Trinajstić information content (AvgIpc) is 1.85. The van der Waals surface area contributed by atoms with Crippen molar-refractivity contribution in [1.29, 1.82) is 0 Å². The van der Waals surface area contributed by atoms with Crippen LogP contribution in [-0.4, -0.2) is 37.6 Å². The van der Waals surface area contributed by atoms with Crippen LogP contribution in [-0.2, 0) is 0 Å². The molecule has 1 rings (SSSR count). The molecule has 0 radical (unpaired) electrons. The van der Waals surface area contributed by atoms with Crippen LogP contribution in [0.2, 0.25) is 0 Å². The van der Waals surface area contributed by atoms with E-state index in [1.54, 1.807) is 0 Å². The molecule has 4 heteroatoms. The molecule has 0 aromatic carbocycles. The summed E-state index contributed by atoms with van der Waals surface area (Å²) >= 11 is 0. The first kappa shape index (κ1) is 16.3. The van der Waals surface area contributed by atoms with E-state index < -0.39 is 0 Å². The fourth-order valence-corrected chi connectivity index (χ4v) is 1.54. The van der Waals surface area contributed by atoms with Gasteiger partial charge in [0.15, 0.2) is 0 Å². The highest BCUT2D eigenvalue weighted by Gasteiger charge is 2.17. The summed E-state index contributed by atoms with van der Waals surface area (Å²) in [5, 5.41) is 3.36. The summed E-state index contributed by atoms with van der Waals surface area (Å²) in [4.78, 5) is 2.54. The fourth-order valence-electron chi connectivity index (χ4n) is 1.54. The van der Waals surface area contributed by atoms with Crippen molar-refractivity contribution in [1.82, 2.24) is 10.2 Å². The third kappa shape index (κ3) is 7.91. The summed E-state index contributed by atoms with van der Waals surface area (Å²) in [5.74, 6) is 0. The van der Waals surface area contributed by atoms with Crippen LogP contribution >= 0.6 is 34.0 Å². The minimum Gasteiger partial charge on any atom is -0.314 e. The lowest BCUT2D eigenvalue weighted by molar-refractivity contribution is 0.172. The Morgan fingerprint density at radius 3 is 1.92 bits per heavy atom. The van der Waals surface area contributed by atoms with Crippen LogP contribution in [0.15, 0.2) is 0 Å². The second-order valence-electron chi connectivity index (χ2n) is 4.59. The molecule has 0 saturated carbocycles. The summed E-state index contributed by atoms with van der Waals surface area (Å²) in [6.45, 7) is 12.9. The number of nitrogens with zero attached hydrogens (tertiary/aromatic N) is 1. The lowest BCUT2D eigenvalue weighted by Crippen LogP contribution is -2.46. The van der Waals surface area contributed by atoms with E-state index in [0.717, 1.165) is 13.1 Å². The van der Waals surface area contributed by atoms with E-state index in [1.165, 1.54) is 19.6 Å². The van der Waals surface area contributed by atoms with Crippen molar-refractivity contribution in [3.05, 3.63) is 0 Å². The van der Waals surface area contributed by atoms with E-state index in [-0.39, 0.29) is 34.0 Å². The first-order valence-corrected chi connectivity index (χ1v) is 4.51. The molecule has 0 aromatic heterocycles. The number of hydrogen-bond donors (Lipinski definition) is 1. The van der Waals surface area contributed by atoms with Crippen molar-refractivity contribution in [2.45, 2.75) is 20.8 Å². The lowest BCUT2D eigenvalue weighted by Gasteiger charge is -2.32. The lowest BCUT2D eigenvalue weighted by atomic mass is 9.96. The zero-order valence-electron chi connectivity index (χ0n) is 8.80. The molecule has 0 aromatic rings.